The van der Waals surface area contributed by atoms with Gasteiger partial charge in [0.25, 0.3) is 5.91 Å². The van der Waals surface area contributed by atoms with Crippen LogP contribution < -0.4 is 5.32 Å². The van der Waals surface area contributed by atoms with E-state index in [4.69, 9.17) is 0 Å². The molecule has 3 heterocycles. The van der Waals surface area contributed by atoms with Gasteiger partial charge in [-0.05, 0) is 55.5 Å². The van der Waals surface area contributed by atoms with Crippen LogP contribution in [0, 0.1) is 12.8 Å². The third-order valence-corrected chi connectivity index (χ3v) is 8.13. The molecule has 0 spiro atoms. The van der Waals surface area contributed by atoms with Gasteiger partial charge >= 0.3 is 0 Å². The molecule has 2 aliphatic heterocycles. The Bertz CT molecular complexity index is 1290. The number of fused-ring (bicyclic) bond motifs is 1. The van der Waals surface area contributed by atoms with Gasteiger partial charge in [-0.3, -0.25) is 9.59 Å². The number of hydrogen-bond acceptors (Lipinski definition) is 6. The van der Waals surface area contributed by atoms with Gasteiger partial charge < -0.3 is 19.9 Å². The maximum Gasteiger partial charge on any atom is 0.255 e. The monoisotopic (exact) mass is 560 g/mol. The lowest BCUT2D eigenvalue weighted by molar-refractivity contribution is -0.140. The molecule has 5 rings (SSSR count). The Morgan fingerprint density at radius 1 is 1.18 bits per heavy atom. The van der Waals surface area contributed by atoms with E-state index < -0.39 is 6.04 Å². The third kappa shape index (κ3) is 6.92. The van der Waals surface area contributed by atoms with Crippen molar-refractivity contribution in [3.8, 4) is 10.4 Å². The number of hydrogen-bond donors (Lipinski definition) is 1. The fourth-order valence-corrected chi connectivity index (χ4v) is 6.03. The minimum Gasteiger partial charge on any atom is -0.331 e. The molecule has 8 heteroatoms. The number of aldehydes is 1. The summed E-state index contributed by atoms with van der Waals surface area (Å²) < 4.78 is 0. The van der Waals surface area contributed by atoms with E-state index in [9.17, 15) is 14.4 Å². The molecule has 2 aromatic carbocycles. The van der Waals surface area contributed by atoms with Gasteiger partial charge in [0.2, 0.25) is 5.91 Å². The number of amides is 2. The van der Waals surface area contributed by atoms with E-state index >= 15 is 0 Å². The summed E-state index contributed by atoms with van der Waals surface area (Å²) >= 11 is 1.70. The van der Waals surface area contributed by atoms with Crippen LogP contribution in [-0.2, 0) is 22.7 Å². The number of thiazole rings is 1. The van der Waals surface area contributed by atoms with Crippen molar-refractivity contribution < 1.29 is 14.4 Å². The first-order valence-electron chi connectivity index (χ1n) is 13.6. The summed E-state index contributed by atoms with van der Waals surface area (Å²) in [7, 11) is 1.96. The predicted molar refractivity (Wildman–Crippen MR) is 162 cm³/mol. The molecular weight excluding hydrogens is 520 g/mol. The highest BCUT2D eigenvalue weighted by Gasteiger charge is 2.42. The Hall–Kier alpha value is -3.62. The van der Waals surface area contributed by atoms with Crippen molar-refractivity contribution in [2.75, 3.05) is 13.6 Å². The molecule has 40 heavy (non-hydrogen) atoms. The fraction of sp³-hybridized carbons (Fsp3) is 0.375. The Labute approximate surface area is 241 Å². The number of nitrogens with one attached hydrogen (secondary N) is 1. The van der Waals surface area contributed by atoms with E-state index in [1.165, 1.54) is 16.0 Å². The fourth-order valence-electron chi connectivity index (χ4n) is 5.21. The highest BCUT2D eigenvalue weighted by molar-refractivity contribution is 7.13. The number of carbonyl (C=O) groups is 3. The van der Waals surface area contributed by atoms with Gasteiger partial charge in [0.15, 0.2) is 0 Å². The first-order chi connectivity index (χ1) is 19.3. The van der Waals surface area contributed by atoms with Crippen LogP contribution in [0.4, 0.5) is 0 Å². The van der Waals surface area contributed by atoms with Crippen LogP contribution in [0.2, 0.25) is 0 Å². The molecule has 1 saturated heterocycles. The Morgan fingerprint density at radius 2 is 1.88 bits per heavy atom. The van der Waals surface area contributed by atoms with Crippen molar-refractivity contribution in [2.24, 2.45) is 5.92 Å². The maximum absolute atomic E-state index is 13.0. The van der Waals surface area contributed by atoms with E-state index in [-0.39, 0.29) is 23.8 Å². The van der Waals surface area contributed by atoms with Gasteiger partial charge in [0, 0.05) is 25.2 Å². The summed E-state index contributed by atoms with van der Waals surface area (Å²) in [5.41, 5.74) is 7.22. The summed E-state index contributed by atoms with van der Waals surface area (Å²) in [4.78, 5) is 45.8. The quantitative estimate of drug-likeness (QED) is 0.305. The number of aromatic nitrogens is 1. The van der Waals surface area contributed by atoms with Crippen LogP contribution in [0.5, 0.6) is 0 Å². The lowest BCUT2D eigenvalue weighted by Crippen LogP contribution is -2.52. The SMILES string of the molecule is C=C.CC(C)C(C(=O)N1CCCC1C=O)N1Cc2ccccc2C1=O.CNCc1ccc(-c2scnc2C)cc1. The van der Waals surface area contributed by atoms with Crippen molar-refractivity contribution in [1.82, 2.24) is 20.1 Å². The van der Waals surface area contributed by atoms with Crippen molar-refractivity contribution in [3.05, 3.63) is 89.6 Å². The molecule has 2 unspecified atom stereocenters. The summed E-state index contributed by atoms with van der Waals surface area (Å²) in [5.74, 6) is -0.195. The molecule has 0 bridgehead atoms. The molecule has 0 radical (unpaired) electrons. The smallest absolute Gasteiger partial charge is 0.255 e. The van der Waals surface area contributed by atoms with Crippen LogP contribution in [0.15, 0.2) is 67.2 Å². The van der Waals surface area contributed by atoms with Gasteiger partial charge in [-0.1, -0.05) is 56.3 Å². The minimum absolute atomic E-state index is 0.00587. The van der Waals surface area contributed by atoms with Gasteiger partial charge in [-0.2, -0.15) is 0 Å². The van der Waals surface area contributed by atoms with Crippen LogP contribution in [0.1, 0.15) is 53.9 Å². The number of carbonyl (C=O) groups excluding carboxylic acids is 3. The molecule has 2 aliphatic rings. The molecule has 1 N–H and O–H groups in total. The van der Waals surface area contributed by atoms with Crippen molar-refractivity contribution in [1.29, 1.82) is 0 Å². The second-order valence-electron chi connectivity index (χ2n) is 10.2. The predicted octanol–water partition coefficient (Wildman–Crippen LogP) is 5.50. The normalized spacial score (nSPS) is 16.5. The zero-order valence-corrected chi connectivity index (χ0v) is 24.7. The first kappa shape index (κ1) is 30.9. The lowest BCUT2D eigenvalue weighted by Gasteiger charge is -2.34. The third-order valence-electron chi connectivity index (χ3n) is 7.15. The standard InChI is InChI=1S/C18H22N2O3.C12H14N2S.C2H4/c1-12(2)16(18(23)19-9-5-7-14(19)11-21)20-10-13-6-3-4-8-15(13)17(20)22;1-9-12(15-8-14-9)11-5-3-10(4-6-11)7-13-2;1-2/h3-4,6,8,11-12,14,16H,5,7,9-10H2,1-2H3;3-6,8,13H,7H2,1-2H3;1-2H2. The summed E-state index contributed by atoms with van der Waals surface area (Å²) in [6.45, 7) is 13.9. The molecule has 0 aliphatic carbocycles. The second kappa shape index (κ2) is 14.7. The highest BCUT2D eigenvalue weighted by atomic mass is 32.1. The zero-order chi connectivity index (χ0) is 29.2. The van der Waals surface area contributed by atoms with Crippen molar-refractivity contribution in [2.45, 2.75) is 58.8 Å². The second-order valence-corrected chi connectivity index (χ2v) is 11.0. The number of likely N-dealkylation sites (tertiary alicyclic amines) is 1. The van der Waals surface area contributed by atoms with Crippen LogP contribution in [0.25, 0.3) is 10.4 Å². The Balaban J connectivity index is 0.000000224. The number of aryl methyl sites for hydroxylation is 1. The summed E-state index contributed by atoms with van der Waals surface area (Å²) in [5, 5.41) is 3.14. The lowest BCUT2D eigenvalue weighted by atomic mass is 10.0. The molecule has 1 aromatic heterocycles. The maximum atomic E-state index is 13.0. The molecule has 7 nitrogen and oxygen atoms in total. The van der Waals surface area contributed by atoms with E-state index in [1.54, 1.807) is 21.1 Å². The topological polar surface area (TPSA) is 82.6 Å². The largest absolute Gasteiger partial charge is 0.331 e. The molecule has 2 amide bonds. The van der Waals surface area contributed by atoms with Crippen LogP contribution in [-0.4, -0.2) is 58.6 Å². The van der Waals surface area contributed by atoms with Gasteiger partial charge in [-0.25, -0.2) is 4.98 Å². The van der Waals surface area contributed by atoms with E-state index in [0.29, 0.717) is 25.1 Å². The highest BCUT2D eigenvalue weighted by Crippen LogP contribution is 2.30. The van der Waals surface area contributed by atoms with Crippen LogP contribution in [0.3, 0.4) is 0 Å². The first-order valence-corrected chi connectivity index (χ1v) is 14.5. The van der Waals surface area contributed by atoms with Gasteiger partial charge in [0.1, 0.15) is 12.3 Å². The molecule has 212 valence electrons. The molecule has 2 atom stereocenters. The van der Waals surface area contributed by atoms with E-state index in [1.807, 2.05) is 57.6 Å². The van der Waals surface area contributed by atoms with Crippen molar-refractivity contribution >= 4 is 29.4 Å². The number of nitrogens with zero attached hydrogens (tertiary/aromatic N) is 3. The molecular formula is C32H40N4O3S. The Kier molecular flexibility index (Phi) is 11.3. The average molecular weight is 561 g/mol. The van der Waals surface area contributed by atoms with Crippen LogP contribution >= 0.6 is 11.3 Å². The molecule has 0 saturated carbocycles. The summed E-state index contributed by atoms with van der Waals surface area (Å²) in [6, 6.07) is 15.3. The van der Waals surface area contributed by atoms with Gasteiger partial charge in [0.05, 0.1) is 22.1 Å². The van der Waals surface area contributed by atoms with Gasteiger partial charge in [-0.15, -0.1) is 24.5 Å². The van der Waals surface area contributed by atoms with E-state index in [0.717, 1.165) is 30.5 Å². The van der Waals surface area contributed by atoms with Crippen molar-refractivity contribution in [3.63, 3.8) is 0 Å². The Morgan fingerprint density at radius 3 is 2.45 bits per heavy atom. The summed E-state index contributed by atoms with van der Waals surface area (Å²) in [6.07, 6.45) is 2.41. The minimum atomic E-state index is -0.518. The molecule has 3 aromatic rings. The average Bonchev–Trinajstić information content (AvgIpc) is 3.70. The zero-order valence-electron chi connectivity index (χ0n) is 23.9. The number of benzene rings is 2. The van der Waals surface area contributed by atoms with E-state index in [2.05, 4.69) is 47.7 Å². The molecule has 1 fully saturated rings. The number of rotatable bonds is 7.